The monoisotopic (exact) mass is 311 g/mol. The van der Waals surface area contributed by atoms with Crippen molar-refractivity contribution in [1.82, 2.24) is 19.5 Å². The summed E-state index contributed by atoms with van der Waals surface area (Å²) in [7, 11) is 1.48. The van der Waals surface area contributed by atoms with E-state index >= 15 is 0 Å². The standard InChI is InChI=1S/C12H15N5O5/c1-19-12-21-7-5(2-18)20-11(8(7)22-12)17-4-16-6-9(13)14-3-15-10(6)17/h3-5,7-8,11-12,18H,2H2,1H3,(H2,13,14,15)/t5-,7-,8-,11-,12?/m1/s1/i18+2. The molecule has 0 amide bonds. The van der Waals surface area contributed by atoms with Crippen molar-refractivity contribution < 1.29 is 24.1 Å². The second kappa shape index (κ2) is 5.11. The molecule has 2 aliphatic rings. The number of nitrogen functional groups attached to an aromatic ring is 1. The molecule has 118 valence electrons. The van der Waals surface area contributed by atoms with Crippen molar-refractivity contribution in [2.75, 3.05) is 19.5 Å². The quantitative estimate of drug-likeness (QED) is 0.687. The lowest BCUT2D eigenvalue weighted by atomic mass is 10.1. The third kappa shape index (κ3) is 1.89. The van der Waals surface area contributed by atoms with Crippen molar-refractivity contribution in [3.8, 4) is 0 Å². The first-order valence-corrected chi connectivity index (χ1v) is 6.76. The number of rotatable bonds is 3. The Morgan fingerprint density at radius 1 is 1.27 bits per heavy atom. The molecule has 2 fully saturated rings. The number of hydrogen-bond acceptors (Lipinski definition) is 9. The maximum atomic E-state index is 9.47. The summed E-state index contributed by atoms with van der Waals surface area (Å²) in [6.45, 7) is -0.980. The van der Waals surface area contributed by atoms with Crippen LogP contribution in [0.15, 0.2) is 12.7 Å². The van der Waals surface area contributed by atoms with Gasteiger partial charge in [0.1, 0.15) is 30.2 Å². The number of ether oxygens (including phenoxy) is 4. The maximum absolute atomic E-state index is 9.47. The highest BCUT2D eigenvalue weighted by atomic mass is 18.2. The number of imidazole rings is 1. The van der Waals surface area contributed by atoms with E-state index in [4.69, 9.17) is 24.7 Å². The zero-order chi connectivity index (χ0) is 15.3. The van der Waals surface area contributed by atoms with Crippen LogP contribution < -0.4 is 5.73 Å². The van der Waals surface area contributed by atoms with Crippen LogP contribution in [0.2, 0.25) is 0 Å². The third-order valence-electron chi connectivity index (χ3n) is 3.86. The van der Waals surface area contributed by atoms with E-state index in [9.17, 15) is 5.11 Å². The van der Waals surface area contributed by atoms with E-state index in [2.05, 4.69) is 15.0 Å². The second-order valence-corrected chi connectivity index (χ2v) is 5.06. The van der Waals surface area contributed by atoms with Gasteiger partial charge in [0.25, 0.3) is 6.48 Å². The van der Waals surface area contributed by atoms with Crippen LogP contribution in [-0.2, 0) is 18.9 Å². The second-order valence-electron chi connectivity index (χ2n) is 5.06. The number of hydrogen-bond donors (Lipinski definition) is 2. The number of aliphatic hydroxyl groups excluding tert-OH is 1. The Kier molecular flexibility index (Phi) is 3.20. The molecule has 22 heavy (non-hydrogen) atoms. The Hall–Kier alpha value is -1.85. The summed E-state index contributed by atoms with van der Waals surface area (Å²) in [5.41, 5.74) is 6.80. The van der Waals surface area contributed by atoms with Crippen molar-refractivity contribution in [3.63, 3.8) is 0 Å². The van der Waals surface area contributed by atoms with E-state index in [1.807, 2.05) is 0 Å². The molecule has 5 atom stereocenters. The summed E-state index contributed by atoms with van der Waals surface area (Å²) >= 11 is 0. The molecule has 0 aromatic carbocycles. The van der Waals surface area contributed by atoms with Crippen LogP contribution in [0, 0.1) is 0 Å². The summed E-state index contributed by atoms with van der Waals surface area (Å²) in [5, 5.41) is 9.47. The predicted molar refractivity (Wildman–Crippen MR) is 71.3 cm³/mol. The van der Waals surface area contributed by atoms with Crippen molar-refractivity contribution in [1.29, 1.82) is 0 Å². The normalized spacial score (nSPS) is 34.4. The minimum atomic E-state index is -0.787. The summed E-state index contributed by atoms with van der Waals surface area (Å²) < 4.78 is 23.8. The van der Waals surface area contributed by atoms with E-state index in [0.29, 0.717) is 11.2 Å². The number of nitrogens with zero attached hydrogens (tertiary/aromatic N) is 4. The van der Waals surface area contributed by atoms with E-state index in [-0.39, 0.29) is 12.4 Å². The smallest absolute Gasteiger partial charge is 0.272 e. The molecule has 2 aromatic rings. The van der Waals surface area contributed by atoms with Crippen molar-refractivity contribution in [3.05, 3.63) is 12.7 Å². The number of methoxy groups -OCH3 is 1. The highest BCUT2D eigenvalue weighted by molar-refractivity contribution is 5.81. The van der Waals surface area contributed by atoms with Crippen LogP contribution in [0.5, 0.6) is 0 Å². The molecule has 10 heteroatoms. The topological polar surface area (TPSA) is 127 Å². The molecule has 0 bridgehead atoms. The summed E-state index contributed by atoms with van der Waals surface area (Å²) in [6, 6.07) is 0. The highest BCUT2D eigenvalue weighted by Crippen LogP contribution is 2.40. The Labute approximate surface area is 124 Å². The molecule has 1 unspecified atom stereocenters. The van der Waals surface area contributed by atoms with Crippen LogP contribution in [0.3, 0.4) is 0 Å². The van der Waals surface area contributed by atoms with Gasteiger partial charge in [-0.25, -0.2) is 15.0 Å². The van der Waals surface area contributed by atoms with Crippen LogP contribution in [0.25, 0.3) is 11.2 Å². The zero-order valence-electron chi connectivity index (χ0n) is 11.7. The first-order valence-electron chi connectivity index (χ1n) is 6.76. The van der Waals surface area contributed by atoms with Crippen molar-refractivity contribution >= 4 is 17.0 Å². The fourth-order valence-electron chi connectivity index (χ4n) is 2.84. The molecule has 2 aromatic heterocycles. The van der Waals surface area contributed by atoms with Gasteiger partial charge in [-0.15, -0.1) is 0 Å². The molecule has 2 aliphatic heterocycles. The number of fused-ring (bicyclic) bond motifs is 2. The van der Waals surface area contributed by atoms with E-state index < -0.39 is 31.0 Å². The van der Waals surface area contributed by atoms with Gasteiger partial charge in [0.2, 0.25) is 0 Å². The number of aromatic nitrogens is 4. The maximum Gasteiger partial charge on any atom is 0.272 e. The lowest BCUT2D eigenvalue weighted by Crippen LogP contribution is -2.31. The van der Waals surface area contributed by atoms with Crippen LogP contribution in [0.1, 0.15) is 6.23 Å². The molecule has 0 spiro atoms. The fourth-order valence-corrected chi connectivity index (χ4v) is 2.84. The molecule has 0 radical (unpaired) electrons. The van der Waals surface area contributed by atoms with E-state index in [1.54, 1.807) is 10.9 Å². The molecule has 2 saturated heterocycles. The average molecular weight is 311 g/mol. The van der Waals surface area contributed by atoms with Crippen molar-refractivity contribution in [2.24, 2.45) is 0 Å². The Morgan fingerprint density at radius 2 is 2.09 bits per heavy atom. The highest BCUT2D eigenvalue weighted by Gasteiger charge is 2.53. The molecular weight excluding hydrogens is 296 g/mol. The van der Waals surface area contributed by atoms with E-state index in [1.165, 1.54) is 13.4 Å². The molecule has 10 nitrogen and oxygen atoms in total. The lowest BCUT2D eigenvalue weighted by molar-refractivity contribution is -0.256. The molecular formula is C12H15N5O5. The summed E-state index contributed by atoms with van der Waals surface area (Å²) in [6.07, 6.45) is 0.955. The predicted octanol–water partition coefficient (Wildman–Crippen LogP) is -0.988. The Bertz CT molecular complexity index is 694. The fraction of sp³-hybridized carbons (Fsp3) is 0.583. The van der Waals surface area contributed by atoms with Gasteiger partial charge in [-0.2, -0.15) is 0 Å². The Morgan fingerprint density at radius 3 is 2.86 bits per heavy atom. The first kappa shape index (κ1) is 13.8. The first-order chi connectivity index (χ1) is 10.7. The third-order valence-corrected chi connectivity index (χ3v) is 3.86. The van der Waals surface area contributed by atoms with Crippen LogP contribution in [0.4, 0.5) is 5.82 Å². The minimum absolute atomic E-state index is 0.193. The summed E-state index contributed by atoms with van der Waals surface area (Å²) in [4.78, 5) is 12.3. The number of anilines is 1. The zero-order valence-corrected chi connectivity index (χ0v) is 11.7. The Balaban J connectivity index is 1.73. The van der Waals surface area contributed by atoms with Gasteiger partial charge < -0.3 is 29.8 Å². The molecule has 4 heterocycles. The molecule has 4 rings (SSSR count). The van der Waals surface area contributed by atoms with Gasteiger partial charge in [0.05, 0.1) is 12.9 Å². The van der Waals surface area contributed by atoms with Gasteiger partial charge in [-0.3, -0.25) is 4.57 Å². The molecule has 3 N–H and O–H groups in total. The largest absolute Gasteiger partial charge is 0.394 e. The molecule has 0 aliphatic carbocycles. The number of aliphatic hydroxyl groups is 1. The van der Waals surface area contributed by atoms with Crippen LogP contribution in [-0.4, -0.2) is 63.1 Å². The average Bonchev–Trinajstić information content (AvgIpc) is 3.19. The minimum Gasteiger partial charge on any atom is -0.394 e. The van der Waals surface area contributed by atoms with Gasteiger partial charge >= 0.3 is 0 Å². The van der Waals surface area contributed by atoms with Gasteiger partial charge in [-0.1, -0.05) is 0 Å². The SMILES string of the molecule is COC1O[C@@H]2[C@H](O1)[C@@H](C[18OH])O[C@H]2n1cnc2c(N)ncnc21. The van der Waals surface area contributed by atoms with Crippen molar-refractivity contribution in [2.45, 2.75) is 31.0 Å². The van der Waals surface area contributed by atoms with E-state index in [0.717, 1.165) is 0 Å². The number of nitrogens with two attached hydrogens (primary N) is 1. The molecule has 0 saturated carbocycles. The van der Waals surface area contributed by atoms with Gasteiger partial charge in [-0.05, 0) is 0 Å². The van der Waals surface area contributed by atoms with Crippen LogP contribution >= 0.6 is 0 Å². The summed E-state index contributed by atoms with van der Waals surface area (Å²) in [5.74, 6) is 0.287. The van der Waals surface area contributed by atoms with Gasteiger partial charge in [0, 0.05) is 7.11 Å². The van der Waals surface area contributed by atoms with Gasteiger partial charge in [0.15, 0.2) is 17.7 Å². The lowest BCUT2D eigenvalue weighted by Gasteiger charge is -2.19.